The molecule has 3 rings (SSSR count). The highest BCUT2D eigenvalue weighted by Gasteiger charge is 2.42. The predicted molar refractivity (Wildman–Crippen MR) is 91.8 cm³/mol. The molecular weight excluding hydrogens is 337 g/mol. The number of carbonyl (C=O) groups is 2. The van der Waals surface area contributed by atoms with E-state index in [1.807, 2.05) is 0 Å². The van der Waals surface area contributed by atoms with E-state index in [2.05, 4.69) is 20.3 Å². The van der Waals surface area contributed by atoms with Gasteiger partial charge in [0, 0.05) is 51.1 Å². The lowest BCUT2D eigenvalue weighted by molar-refractivity contribution is -0.135. The summed E-state index contributed by atoms with van der Waals surface area (Å²) in [5.41, 5.74) is -0.177. The summed E-state index contributed by atoms with van der Waals surface area (Å²) in [5.74, 6) is -0.937. The fraction of sp³-hybridized carbons (Fsp3) is 0.389. The molecule has 0 bridgehead atoms. The third-order valence-electron chi connectivity index (χ3n) is 4.45. The summed E-state index contributed by atoms with van der Waals surface area (Å²) < 4.78 is 15.0. The zero-order valence-corrected chi connectivity index (χ0v) is 14.5. The molecule has 1 N–H and O–H groups in total. The number of aryl methyl sites for hydroxylation is 1. The fourth-order valence-electron chi connectivity index (χ4n) is 2.80. The van der Waals surface area contributed by atoms with Crippen molar-refractivity contribution in [2.75, 3.05) is 13.1 Å². The van der Waals surface area contributed by atoms with Gasteiger partial charge in [0.25, 0.3) is 11.8 Å². The van der Waals surface area contributed by atoms with Crippen molar-refractivity contribution in [2.24, 2.45) is 0 Å². The van der Waals surface area contributed by atoms with E-state index in [1.54, 1.807) is 31.5 Å². The van der Waals surface area contributed by atoms with Crippen LogP contribution in [0.2, 0.25) is 0 Å². The first kappa shape index (κ1) is 17.9. The predicted octanol–water partition coefficient (Wildman–Crippen LogP) is 1.44. The lowest BCUT2D eigenvalue weighted by Gasteiger charge is -2.35. The van der Waals surface area contributed by atoms with Crippen molar-refractivity contribution in [3.63, 3.8) is 0 Å². The number of rotatable bonds is 4. The van der Waals surface area contributed by atoms with Gasteiger partial charge in [-0.05, 0) is 24.6 Å². The minimum absolute atomic E-state index is 0.0415. The summed E-state index contributed by atoms with van der Waals surface area (Å²) >= 11 is 0. The number of hydrogen-bond donors (Lipinski definition) is 1. The molecule has 2 amide bonds. The standard InChI is InChI=1S/C18H20FN5O2/c1-13-10-22-15(12-21-13)16(25)24-8-4-18(19,5-9-24)17(26)23-11-14-2-6-20-7-3-14/h2-3,6-7,10,12H,4-5,8-9,11H2,1H3,(H,23,26). The maximum Gasteiger partial charge on any atom is 0.274 e. The Kier molecular flexibility index (Phi) is 5.20. The Morgan fingerprint density at radius 2 is 1.88 bits per heavy atom. The van der Waals surface area contributed by atoms with Crippen molar-refractivity contribution in [1.29, 1.82) is 0 Å². The Balaban J connectivity index is 1.55. The van der Waals surface area contributed by atoms with E-state index in [-0.39, 0.29) is 44.1 Å². The number of aromatic nitrogens is 3. The first-order valence-corrected chi connectivity index (χ1v) is 8.42. The van der Waals surface area contributed by atoms with Crippen LogP contribution < -0.4 is 5.32 Å². The van der Waals surface area contributed by atoms with Crippen LogP contribution in [0, 0.1) is 6.92 Å². The molecule has 2 aromatic heterocycles. The number of nitrogens with one attached hydrogen (secondary N) is 1. The first-order chi connectivity index (χ1) is 12.5. The van der Waals surface area contributed by atoms with Crippen LogP contribution in [0.4, 0.5) is 4.39 Å². The number of alkyl halides is 1. The molecule has 136 valence electrons. The Morgan fingerprint density at radius 1 is 1.19 bits per heavy atom. The van der Waals surface area contributed by atoms with Crippen LogP contribution in [0.15, 0.2) is 36.9 Å². The average molecular weight is 357 g/mol. The largest absolute Gasteiger partial charge is 0.349 e. The van der Waals surface area contributed by atoms with Crippen molar-refractivity contribution < 1.29 is 14.0 Å². The zero-order chi connectivity index (χ0) is 18.6. The molecule has 8 heteroatoms. The lowest BCUT2D eigenvalue weighted by Crippen LogP contribution is -2.52. The van der Waals surface area contributed by atoms with Crippen LogP contribution in [-0.4, -0.2) is 50.4 Å². The number of halogens is 1. The van der Waals surface area contributed by atoms with Gasteiger partial charge in [-0.2, -0.15) is 0 Å². The molecule has 1 fully saturated rings. The van der Waals surface area contributed by atoms with Gasteiger partial charge in [0.15, 0.2) is 5.67 Å². The van der Waals surface area contributed by atoms with Crippen molar-refractivity contribution in [3.8, 4) is 0 Å². The van der Waals surface area contributed by atoms with Crippen LogP contribution in [0.25, 0.3) is 0 Å². The average Bonchev–Trinajstić information content (AvgIpc) is 2.67. The summed E-state index contributed by atoms with van der Waals surface area (Å²) in [5, 5.41) is 2.62. The highest BCUT2D eigenvalue weighted by Crippen LogP contribution is 2.27. The third-order valence-corrected chi connectivity index (χ3v) is 4.45. The number of pyridine rings is 1. The number of carbonyl (C=O) groups excluding carboxylic acids is 2. The van der Waals surface area contributed by atoms with Gasteiger partial charge >= 0.3 is 0 Å². The SMILES string of the molecule is Cc1cnc(C(=O)N2CCC(F)(C(=O)NCc3ccncc3)CC2)cn1. The van der Waals surface area contributed by atoms with Crippen LogP contribution in [-0.2, 0) is 11.3 Å². The van der Waals surface area contributed by atoms with E-state index < -0.39 is 11.6 Å². The van der Waals surface area contributed by atoms with Crippen LogP contribution in [0.1, 0.15) is 34.6 Å². The maximum absolute atomic E-state index is 15.0. The van der Waals surface area contributed by atoms with Crippen molar-refractivity contribution >= 4 is 11.8 Å². The second kappa shape index (κ2) is 7.55. The molecule has 1 aliphatic heterocycles. The molecule has 0 atom stereocenters. The molecule has 7 nitrogen and oxygen atoms in total. The minimum atomic E-state index is -1.97. The smallest absolute Gasteiger partial charge is 0.274 e. The summed E-state index contributed by atoms with van der Waals surface area (Å²) in [6.45, 7) is 2.35. The number of piperidine rings is 1. The van der Waals surface area contributed by atoms with Gasteiger partial charge in [-0.3, -0.25) is 19.6 Å². The van der Waals surface area contributed by atoms with E-state index in [0.29, 0.717) is 5.69 Å². The maximum atomic E-state index is 15.0. The summed E-state index contributed by atoms with van der Waals surface area (Å²) in [4.78, 5) is 38.2. The normalized spacial score (nSPS) is 16.2. The number of nitrogens with zero attached hydrogens (tertiary/aromatic N) is 4. The molecule has 2 aromatic rings. The number of amides is 2. The quantitative estimate of drug-likeness (QED) is 0.895. The lowest BCUT2D eigenvalue weighted by atomic mass is 9.92. The molecule has 0 aliphatic carbocycles. The topological polar surface area (TPSA) is 88.1 Å². The Hall–Kier alpha value is -2.90. The molecule has 26 heavy (non-hydrogen) atoms. The van der Waals surface area contributed by atoms with E-state index in [0.717, 1.165) is 5.56 Å². The van der Waals surface area contributed by atoms with E-state index in [4.69, 9.17) is 0 Å². The Morgan fingerprint density at radius 3 is 2.50 bits per heavy atom. The molecule has 0 aromatic carbocycles. The van der Waals surface area contributed by atoms with E-state index in [1.165, 1.54) is 17.3 Å². The van der Waals surface area contributed by atoms with Crippen molar-refractivity contribution in [2.45, 2.75) is 32.0 Å². The van der Waals surface area contributed by atoms with Crippen LogP contribution in [0.5, 0.6) is 0 Å². The van der Waals surface area contributed by atoms with Gasteiger partial charge in [0.2, 0.25) is 0 Å². The van der Waals surface area contributed by atoms with Gasteiger partial charge in [-0.1, -0.05) is 0 Å². The molecular formula is C18H20FN5O2. The second-order valence-electron chi connectivity index (χ2n) is 6.34. The van der Waals surface area contributed by atoms with Crippen molar-refractivity contribution in [1.82, 2.24) is 25.2 Å². The van der Waals surface area contributed by atoms with E-state index in [9.17, 15) is 14.0 Å². The van der Waals surface area contributed by atoms with Gasteiger partial charge in [0.1, 0.15) is 5.69 Å². The van der Waals surface area contributed by atoms with E-state index >= 15 is 0 Å². The Labute approximate surface area is 150 Å². The van der Waals surface area contributed by atoms with Crippen molar-refractivity contribution in [3.05, 3.63) is 53.9 Å². The molecule has 3 heterocycles. The molecule has 0 unspecified atom stereocenters. The van der Waals surface area contributed by atoms with Gasteiger partial charge in [0.05, 0.1) is 11.9 Å². The molecule has 1 aliphatic rings. The van der Waals surface area contributed by atoms with Crippen LogP contribution in [0.3, 0.4) is 0 Å². The van der Waals surface area contributed by atoms with Gasteiger partial charge in [-0.15, -0.1) is 0 Å². The molecule has 0 radical (unpaired) electrons. The molecule has 0 spiro atoms. The highest BCUT2D eigenvalue weighted by molar-refractivity contribution is 5.92. The zero-order valence-electron chi connectivity index (χ0n) is 14.5. The van der Waals surface area contributed by atoms with Gasteiger partial charge < -0.3 is 10.2 Å². The molecule has 1 saturated heterocycles. The second-order valence-corrected chi connectivity index (χ2v) is 6.34. The minimum Gasteiger partial charge on any atom is -0.349 e. The fourth-order valence-corrected chi connectivity index (χ4v) is 2.80. The number of likely N-dealkylation sites (tertiary alicyclic amines) is 1. The summed E-state index contributed by atoms with van der Waals surface area (Å²) in [6.07, 6.45) is 6.08. The summed E-state index contributed by atoms with van der Waals surface area (Å²) in [7, 11) is 0. The molecule has 0 saturated carbocycles. The number of hydrogen-bond acceptors (Lipinski definition) is 5. The van der Waals surface area contributed by atoms with Crippen LogP contribution >= 0.6 is 0 Å². The van der Waals surface area contributed by atoms with Gasteiger partial charge in [-0.25, -0.2) is 9.37 Å². The monoisotopic (exact) mass is 357 g/mol. The highest BCUT2D eigenvalue weighted by atomic mass is 19.1. The third kappa shape index (κ3) is 4.01. The summed E-state index contributed by atoms with van der Waals surface area (Å²) in [6, 6.07) is 3.52. The Bertz CT molecular complexity index is 774. The first-order valence-electron chi connectivity index (χ1n) is 8.42.